The highest BCUT2D eigenvalue weighted by atomic mass is 15.3. The first kappa shape index (κ1) is 11.2. The van der Waals surface area contributed by atoms with Gasteiger partial charge in [-0.3, -0.25) is 0 Å². The predicted octanol–water partition coefficient (Wildman–Crippen LogP) is 0.508. The van der Waals surface area contributed by atoms with Crippen LogP contribution in [-0.4, -0.2) is 43.1 Å². The molecule has 1 saturated heterocycles. The number of nitrogens with zero attached hydrogens (tertiary/aromatic N) is 3. The minimum atomic E-state index is 0.641. The molecule has 5 nitrogen and oxygen atoms in total. The Kier molecular flexibility index (Phi) is 3.26. The SMILES string of the molecule is CN(C)C1CCN(c2ccnc(NN)c2)C1. The van der Waals surface area contributed by atoms with E-state index >= 15 is 0 Å². The van der Waals surface area contributed by atoms with E-state index < -0.39 is 0 Å². The van der Waals surface area contributed by atoms with E-state index in [0.29, 0.717) is 11.9 Å². The molecule has 1 aromatic rings. The summed E-state index contributed by atoms with van der Waals surface area (Å²) in [5.74, 6) is 6.07. The molecule has 1 fully saturated rings. The molecule has 5 heteroatoms. The van der Waals surface area contributed by atoms with Crippen molar-refractivity contribution in [2.24, 2.45) is 5.84 Å². The fourth-order valence-electron chi connectivity index (χ4n) is 2.09. The van der Waals surface area contributed by atoms with E-state index in [2.05, 4.69) is 34.3 Å². The zero-order chi connectivity index (χ0) is 11.5. The van der Waals surface area contributed by atoms with Crippen LogP contribution in [0.4, 0.5) is 11.5 Å². The molecule has 1 aromatic heterocycles. The van der Waals surface area contributed by atoms with Crippen LogP contribution in [0.15, 0.2) is 18.3 Å². The normalized spacial score (nSPS) is 20.5. The van der Waals surface area contributed by atoms with Gasteiger partial charge in [-0.15, -0.1) is 0 Å². The summed E-state index contributed by atoms with van der Waals surface area (Å²) in [4.78, 5) is 8.76. The van der Waals surface area contributed by atoms with Crippen LogP contribution in [0.3, 0.4) is 0 Å². The number of hydrogen-bond donors (Lipinski definition) is 2. The van der Waals surface area contributed by atoms with Gasteiger partial charge in [-0.1, -0.05) is 0 Å². The standard InChI is InChI=1S/C11H19N5/c1-15(2)10-4-6-16(8-10)9-3-5-13-11(7-9)14-12/h3,5,7,10H,4,6,8,12H2,1-2H3,(H,13,14). The van der Waals surface area contributed by atoms with Crippen molar-refractivity contribution in [3.8, 4) is 0 Å². The first-order valence-electron chi connectivity index (χ1n) is 5.55. The van der Waals surface area contributed by atoms with Crippen molar-refractivity contribution in [3.63, 3.8) is 0 Å². The largest absolute Gasteiger partial charge is 0.370 e. The first-order valence-corrected chi connectivity index (χ1v) is 5.55. The van der Waals surface area contributed by atoms with Crippen molar-refractivity contribution in [3.05, 3.63) is 18.3 Å². The third kappa shape index (κ3) is 2.25. The number of hydrazine groups is 1. The Morgan fingerprint density at radius 2 is 2.38 bits per heavy atom. The van der Waals surface area contributed by atoms with E-state index in [0.717, 1.165) is 13.1 Å². The number of rotatable bonds is 3. The molecule has 0 saturated carbocycles. The van der Waals surface area contributed by atoms with E-state index in [1.807, 2.05) is 12.1 Å². The molecular weight excluding hydrogens is 202 g/mol. The number of pyridine rings is 1. The second kappa shape index (κ2) is 4.67. The molecule has 1 atom stereocenters. The van der Waals surface area contributed by atoms with Gasteiger partial charge in [-0.25, -0.2) is 10.8 Å². The Morgan fingerprint density at radius 1 is 1.56 bits per heavy atom. The quantitative estimate of drug-likeness (QED) is 0.575. The Labute approximate surface area is 96.2 Å². The summed E-state index contributed by atoms with van der Waals surface area (Å²) >= 11 is 0. The number of likely N-dealkylation sites (N-methyl/N-ethyl adjacent to an activating group) is 1. The van der Waals surface area contributed by atoms with Crippen molar-refractivity contribution in [1.29, 1.82) is 0 Å². The summed E-state index contributed by atoms with van der Waals surface area (Å²) in [5, 5.41) is 0. The maximum atomic E-state index is 5.35. The summed E-state index contributed by atoms with van der Waals surface area (Å²) in [5.41, 5.74) is 3.76. The van der Waals surface area contributed by atoms with Crippen LogP contribution in [0.1, 0.15) is 6.42 Å². The monoisotopic (exact) mass is 221 g/mol. The average molecular weight is 221 g/mol. The highest BCUT2D eigenvalue weighted by Crippen LogP contribution is 2.23. The number of aromatic nitrogens is 1. The molecule has 1 aliphatic heterocycles. The molecule has 0 aromatic carbocycles. The second-order valence-electron chi connectivity index (χ2n) is 4.40. The van der Waals surface area contributed by atoms with E-state index in [-0.39, 0.29) is 0 Å². The minimum Gasteiger partial charge on any atom is -0.370 e. The van der Waals surface area contributed by atoms with Crippen LogP contribution in [0.25, 0.3) is 0 Å². The van der Waals surface area contributed by atoms with E-state index in [9.17, 15) is 0 Å². The lowest BCUT2D eigenvalue weighted by Gasteiger charge is -2.22. The molecule has 0 aliphatic carbocycles. The summed E-state index contributed by atoms with van der Waals surface area (Å²) in [6.45, 7) is 2.16. The summed E-state index contributed by atoms with van der Waals surface area (Å²) in [6.07, 6.45) is 2.99. The van der Waals surface area contributed by atoms with Gasteiger partial charge in [0.05, 0.1) is 0 Å². The van der Waals surface area contributed by atoms with Gasteiger partial charge in [0.25, 0.3) is 0 Å². The van der Waals surface area contributed by atoms with Crippen molar-refractivity contribution >= 4 is 11.5 Å². The number of nitrogen functional groups attached to an aromatic ring is 1. The average Bonchev–Trinajstić information content (AvgIpc) is 2.78. The lowest BCUT2D eigenvalue weighted by Crippen LogP contribution is -2.31. The molecule has 2 rings (SSSR count). The molecule has 16 heavy (non-hydrogen) atoms. The third-order valence-electron chi connectivity index (χ3n) is 3.15. The molecule has 0 amide bonds. The maximum absolute atomic E-state index is 5.35. The number of nitrogens with two attached hydrogens (primary N) is 1. The molecule has 0 bridgehead atoms. The zero-order valence-electron chi connectivity index (χ0n) is 9.85. The fraction of sp³-hybridized carbons (Fsp3) is 0.545. The summed E-state index contributed by atoms with van der Waals surface area (Å²) in [7, 11) is 4.27. The summed E-state index contributed by atoms with van der Waals surface area (Å²) < 4.78 is 0. The molecular formula is C11H19N5. The van der Waals surface area contributed by atoms with Gasteiger partial charge in [0.1, 0.15) is 5.82 Å². The molecule has 2 heterocycles. The zero-order valence-corrected chi connectivity index (χ0v) is 9.85. The van der Waals surface area contributed by atoms with E-state index in [4.69, 9.17) is 5.84 Å². The minimum absolute atomic E-state index is 0.641. The van der Waals surface area contributed by atoms with Crippen molar-refractivity contribution in [1.82, 2.24) is 9.88 Å². The van der Waals surface area contributed by atoms with Crippen molar-refractivity contribution < 1.29 is 0 Å². The Balaban J connectivity index is 2.08. The number of nitrogens with one attached hydrogen (secondary N) is 1. The van der Waals surface area contributed by atoms with Crippen LogP contribution < -0.4 is 16.2 Å². The molecule has 1 unspecified atom stereocenters. The molecule has 3 N–H and O–H groups in total. The number of anilines is 2. The lowest BCUT2D eigenvalue weighted by atomic mass is 10.2. The topological polar surface area (TPSA) is 57.4 Å². The lowest BCUT2D eigenvalue weighted by molar-refractivity contribution is 0.315. The molecule has 0 radical (unpaired) electrons. The fourth-order valence-corrected chi connectivity index (χ4v) is 2.09. The Hall–Kier alpha value is -1.33. The smallest absolute Gasteiger partial charge is 0.141 e. The van der Waals surface area contributed by atoms with Crippen molar-refractivity contribution in [2.45, 2.75) is 12.5 Å². The van der Waals surface area contributed by atoms with Crippen LogP contribution in [0.2, 0.25) is 0 Å². The molecule has 1 aliphatic rings. The highest BCUT2D eigenvalue weighted by Gasteiger charge is 2.24. The van der Waals surface area contributed by atoms with Gasteiger partial charge in [0.2, 0.25) is 0 Å². The Morgan fingerprint density at radius 3 is 3.00 bits per heavy atom. The molecule has 0 spiro atoms. The number of hydrogen-bond acceptors (Lipinski definition) is 5. The van der Waals surface area contributed by atoms with Crippen LogP contribution >= 0.6 is 0 Å². The molecule has 88 valence electrons. The summed E-state index contributed by atoms with van der Waals surface area (Å²) in [6, 6.07) is 4.65. The van der Waals surface area contributed by atoms with Gasteiger partial charge < -0.3 is 15.2 Å². The van der Waals surface area contributed by atoms with Gasteiger partial charge in [0, 0.05) is 37.1 Å². The highest BCUT2D eigenvalue weighted by molar-refractivity contribution is 5.54. The van der Waals surface area contributed by atoms with Gasteiger partial charge in [-0.2, -0.15) is 0 Å². The maximum Gasteiger partial charge on any atom is 0.141 e. The van der Waals surface area contributed by atoms with Gasteiger partial charge >= 0.3 is 0 Å². The third-order valence-corrected chi connectivity index (χ3v) is 3.15. The van der Waals surface area contributed by atoms with Crippen molar-refractivity contribution in [2.75, 3.05) is 37.5 Å². The second-order valence-corrected chi connectivity index (χ2v) is 4.40. The van der Waals surface area contributed by atoms with E-state index in [1.54, 1.807) is 6.20 Å². The van der Waals surface area contributed by atoms with Gasteiger partial charge in [-0.05, 0) is 26.6 Å². The predicted molar refractivity (Wildman–Crippen MR) is 66.4 cm³/mol. The first-order chi connectivity index (χ1) is 7.70. The van der Waals surface area contributed by atoms with Crippen LogP contribution in [-0.2, 0) is 0 Å². The van der Waals surface area contributed by atoms with E-state index in [1.165, 1.54) is 12.1 Å². The van der Waals surface area contributed by atoms with Crippen LogP contribution in [0.5, 0.6) is 0 Å². The van der Waals surface area contributed by atoms with Crippen LogP contribution in [0, 0.1) is 0 Å². The Bertz CT molecular complexity index is 352. The van der Waals surface area contributed by atoms with Gasteiger partial charge in [0.15, 0.2) is 0 Å².